The van der Waals surface area contributed by atoms with E-state index in [1.165, 1.54) is 19.2 Å². The number of benzene rings is 2. The summed E-state index contributed by atoms with van der Waals surface area (Å²) < 4.78 is 27.4. The number of amides is 1. The van der Waals surface area contributed by atoms with Gasteiger partial charge in [-0.15, -0.1) is 0 Å². The van der Waals surface area contributed by atoms with Crippen molar-refractivity contribution in [1.82, 2.24) is 9.21 Å². The van der Waals surface area contributed by atoms with E-state index in [4.69, 9.17) is 0 Å². The summed E-state index contributed by atoms with van der Waals surface area (Å²) in [6.45, 7) is 0.483. The van der Waals surface area contributed by atoms with Crippen LogP contribution in [0, 0.1) is 0 Å². The Morgan fingerprint density at radius 1 is 1.19 bits per heavy atom. The average molecular weight is 437 g/mol. The molecule has 1 atom stereocenters. The number of halogens is 1. The summed E-state index contributed by atoms with van der Waals surface area (Å²) in [5.41, 5.74) is 1.07. The molecule has 1 fully saturated rings. The molecule has 138 valence electrons. The van der Waals surface area contributed by atoms with Crippen molar-refractivity contribution >= 4 is 31.9 Å². The second-order valence-corrected chi connectivity index (χ2v) is 9.33. The zero-order chi connectivity index (χ0) is 18.7. The number of carbonyl (C=O) groups excluding carboxylic acids is 1. The molecule has 3 rings (SSSR count). The van der Waals surface area contributed by atoms with Gasteiger partial charge in [0.1, 0.15) is 0 Å². The Bertz CT molecular complexity index is 887. The minimum absolute atomic E-state index is 0.00664. The van der Waals surface area contributed by atoms with E-state index >= 15 is 0 Å². The predicted molar refractivity (Wildman–Crippen MR) is 104 cm³/mol. The van der Waals surface area contributed by atoms with Crippen LogP contribution in [0.1, 0.15) is 24.4 Å². The molecular weight excluding hydrogens is 416 g/mol. The van der Waals surface area contributed by atoms with Gasteiger partial charge >= 0.3 is 0 Å². The van der Waals surface area contributed by atoms with Gasteiger partial charge in [-0.1, -0.05) is 46.3 Å². The van der Waals surface area contributed by atoms with Crippen molar-refractivity contribution in [2.75, 3.05) is 20.1 Å². The number of likely N-dealkylation sites (tertiary alicyclic amines) is 1. The Morgan fingerprint density at radius 3 is 2.62 bits per heavy atom. The molecule has 1 saturated heterocycles. The molecule has 1 aliphatic rings. The van der Waals surface area contributed by atoms with Crippen molar-refractivity contribution in [3.8, 4) is 0 Å². The van der Waals surface area contributed by atoms with Gasteiger partial charge in [-0.2, -0.15) is 4.31 Å². The third-order valence-electron chi connectivity index (χ3n) is 4.62. The van der Waals surface area contributed by atoms with Crippen LogP contribution >= 0.6 is 15.9 Å². The van der Waals surface area contributed by atoms with E-state index in [2.05, 4.69) is 15.9 Å². The number of rotatable bonds is 5. The van der Waals surface area contributed by atoms with Crippen molar-refractivity contribution in [3.05, 3.63) is 64.6 Å². The summed E-state index contributed by atoms with van der Waals surface area (Å²) >= 11 is 3.47. The lowest BCUT2D eigenvalue weighted by Crippen LogP contribution is -2.40. The molecule has 1 heterocycles. The van der Waals surface area contributed by atoms with E-state index in [0.717, 1.165) is 27.2 Å². The molecule has 2 aromatic rings. The fourth-order valence-electron chi connectivity index (χ4n) is 3.26. The average Bonchev–Trinajstić information content (AvgIpc) is 3.12. The number of hydrogen-bond donors (Lipinski definition) is 0. The fraction of sp³-hybridized carbons (Fsp3) is 0.316. The Morgan fingerprint density at radius 2 is 1.92 bits per heavy atom. The molecule has 0 aromatic heterocycles. The van der Waals surface area contributed by atoms with Crippen LogP contribution in [0.4, 0.5) is 0 Å². The van der Waals surface area contributed by atoms with E-state index in [1.54, 1.807) is 23.1 Å². The van der Waals surface area contributed by atoms with Crippen molar-refractivity contribution in [1.29, 1.82) is 0 Å². The predicted octanol–water partition coefficient (Wildman–Crippen LogP) is 3.43. The maximum atomic E-state index is 12.8. The highest BCUT2D eigenvalue weighted by Gasteiger charge is 2.32. The fourth-order valence-corrected chi connectivity index (χ4v) is 4.82. The van der Waals surface area contributed by atoms with E-state index in [1.807, 2.05) is 24.3 Å². The standard InChI is InChI=1S/C19H21BrN2O3S/c1-21(26(24,25)17-9-3-2-4-10-17)14-19(23)22-12-6-11-18(22)15-7-5-8-16(20)13-15/h2-5,7-10,13,18H,6,11-12,14H2,1H3. The Balaban J connectivity index is 1.75. The number of sulfonamides is 1. The van der Waals surface area contributed by atoms with Crippen molar-refractivity contribution in [2.24, 2.45) is 0 Å². The van der Waals surface area contributed by atoms with Crippen LogP contribution in [-0.4, -0.2) is 43.7 Å². The van der Waals surface area contributed by atoms with Gasteiger partial charge in [0.2, 0.25) is 15.9 Å². The molecule has 0 saturated carbocycles. The molecule has 7 heteroatoms. The molecule has 2 aromatic carbocycles. The van der Waals surface area contributed by atoms with Gasteiger partial charge in [0.15, 0.2) is 0 Å². The highest BCUT2D eigenvalue weighted by Crippen LogP contribution is 2.33. The summed E-state index contributed by atoms with van der Waals surface area (Å²) in [7, 11) is -2.23. The molecular formula is C19H21BrN2O3S. The monoisotopic (exact) mass is 436 g/mol. The van der Waals surface area contributed by atoms with E-state index < -0.39 is 10.0 Å². The summed E-state index contributed by atoms with van der Waals surface area (Å²) in [4.78, 5) is 14.8. The lowest BCUT2D eigenvalue weighted by molar-refractivity contribution is -0.132. The normalized spacial score (nSPS) is 17.7. The van der Waals surface area contributed by atoms with Gasteiger partial charge < -0.3 is 4.90 Å². The molecule has 1 amide bonds. The van der Waals surface area contributed by atoms with Gasteiger partial charge in [-0.05, 0) is 42.7 Å². The number of nitrogens with zero attached hydrogens (tertiary/aromatic N) is 2. The molecule has 1 aliphatic heterocycles. The van der Waals surface area contributed by atoms with Gasteiger partial charge in [0, 0.05) is 18.1 Å². The smallest absolute Gasteiger partial charge is 0.243 e. The Labute approximate surface area is 162 Å². The topological polar surface area (TPSA) is 57.7 Å². The van der Waals surface area contributed by atoms with Crippen LogP contribution in [0.3, 0.4) is 0 Å². The Hall–Kier alpha value is -1.70. The molecule has 0 N–H and O–H groups in total. The summed E-state index contributed by atoms with van der Waals surface area (Å²) in [6, 6.07) is 16.1. The first-order valence-electron chi connectivity index (χ1n) is 8.46. The van der Waals surface area contributed by atoms with E-state index in [-0.39, 0.29) is 23.4 Å². The van der Waals surface area contributed by atoms with Crippen LogP contribution < -0.4 is 0 Å². The highest BCUT2D eigenvalue weighted by atomic mass is 79.9. The molecule has 26 heavy (non-hydrogen) atoms. The zero-order valence-electron chi connectivity index (χ0n) is 14.5. The van der Waals surface area contributed by atoms with Gasteiger partial charge in [-0.3, -0.25) is 4.79 Å². The number of carbonyl (C=O) groups is 1. The largest absolute Gasteiger partial charge is 0.335 e. The first kappa shape index (κ1) is 19.1. The zero-order valence-corrected chi connectivity index (χ0v) is 16.9. The SMILES string of the molecule is CN(CC(=O)N1CCCC1c1cccc(Br)c1)S(=O)(=O)c1ccccc1. The first-order valence-corrected chi connectivity index (χ1v) is 10.7. The Kier molecular flexibility index (Phi) is 5.79. The van der Waals surface area contributed by atoms with Crippen LogP contribution in [0.15, 0.2) is 64.0 Å². The molecule has 0 radical (unpaired) electrons. The maximum Gasteiger partial charge on any atom is 0.243 e. The third-order valence-corrected chi connectivity index (χ3v) is 6.93. The lowest BCUT2D eigenvalue weighted by atomic mass is 10.0. The van der Waals surface area contributed by atoms with Crippen LogP contribution in [0.25, 0.3) is 0 Å². The maximum absolute atomic E-state index is 12.8. The first-order chi connectivity index (χ1) is 12.4. The van der Waals surface area contributed by atoms with Crippen molar-refractivity contribution in [3.63, 3.8) is 0 Å². The third kappa shape index (κ3) is 4.00. The summed E-state index contributed by atoms with van der Waals surface area (Å²) in [6.07, 6.45) is 1.80. The van der Waals surface area contributed by atoms with Gasteiger partial charge in [-0.25, -0.2) is 8.42 Å². The minimum atomic E-state index is -3.67. The number of hydrogen-bond acceptors (Lipinski definition) is 3. The molecule has 5 nitrogen and oxygen atoms in total. The van der Waals surface area contributed by atoms with Crippen LogP contribution in [-0.2, 0) is 14.8 Å². The highest BCUT2D eigenvalue weighted by molar-refractivity contribution is 9.10. The van der Waals surface area contributed by atoms with Crippen LogP contribution in [0.2, 0.25) is 0 Å². The van der Waals surface area contributed by atoms with Crippen molar-refractivity contribution < 1.29 is 13.2 Å². The van der Waals surface area contributed by atoms with Crippen LogP contribution in [0.5, 0.6) is 0 Å². The number of likely N-dealkylation sites (N-methyl/N-ethyl adjacent to an activating group) is 1. The second kappa shape index (κ2) is 7.90. The minimum Gasteiger partial charge on any atom is -0.335 e. The summed E-state index contributed by atoms with van der Waals surface area (Å²) in [5, 5.41) is 0. The molecule has 1 unspecified atom stereocenters. The quantitative estimate of drug-likeness (QED) is 0.720. The van der Waals surface area contributed by atoms with Crippen molar-refractivity contribution in [2.45, 2.75) is 23.8 Å². The second-order valence-electron chi connectivity index (χ2n) is 6.37. The lowest BCUT2D eigenvalue weighted by Gasteiger charge is -2.27. The van der Waals surface area contributed by atoms with Gasteiger partial charge in [0.25, 0.3) is 0 Å². The van der Waals surface area contributed by atoms with Gasteiger partial charge in [0.05, 0.1) is 17.5 Å². The molecule has 0 aliphatic carbocycles. The summed E-state index contributed by atoms with van der Waals surface area (Å²) in [5.74, 6) is -0.172. The van der Waals surface area contributed by atoms with E-state index in [0.29, 0.717) is 6.54 Å². The van der Waals surface area contributed by atoms with E-state index in [9.17, 15) is 13.2 Å². The molecule has 0 spiro atoms. The molecule has 0 bridgehead atoms.